The number of allylic oxidation sites excluding steroid dienone is 24. The van der Waals surface area contributed by atoms with Gasteiger partial charge in [0.15, 0.2) is 6.10 Å². The van der Waals surface area contributed by atoms with Crippen molar-refractivity contribution in [1.82, 2.24) is 0 Å². The maximum absolute atomic E-state index is 12.3. The van der Waals surface area contributed by atoms with Gasteiger partial charge < -0.3 is 14.6 Å². The van der Waals surface area contributed by atoms with Crippen molar-refractivity contribution in [2.45, 2.75) is 225 Å². The molecule has 382 valence electrons. The number of ether oxygens (including phenoxy) is 2. The lowest BCUT2D eigenvalue weighted by Crippen LogP contribution is -2.28. The minimum absolute atomic E-state index is 0.0836. The Balaban J connectivity index is 3.61. The predicted molar refractivity (Wildman–Crippen MR) is 297 cm³/mol. The van der Waals surface area contributed by atoms with E-state index in [1.54, 1.807) is 0 Å². The first-order valence-electron chi connectivity index (χ1n) is 27.4. The van der Waals surface area contributed by atoms with Gasteiger partial charge in [-0.25, -0.2) is 0 Å². The van der Waals surface area contributed by atoms with Gasteiger partial charge in [-0.15, -0.1) is 0 Å². The van der Waals surface area contributed by atoms with Crippen molar-refractivity contribution in [2.75, 3.05) is 13.2 Å². The molecule has 1 N–H and O–H groups in total. The van der Waals surface area contributed by atoms with Crippen LogP contribution in [0.25, 0.3) is 0 Å². The molecule has 5 nitrogen and oxygen atoms in total. The van der Waals surface area contributed by atoms with Crippen molar-refractivity contribution >= 4 is 11.9 Å². The Morgan fingerprint density at radius 2 is 0.588 bits per heavy atom. The molecule has 0 fully saturated rings. The molecule has 0 heterocycles. The summed E-state index contributed by atoms with van der Waals surface area (Å²) < 4.78 is 10.7. The molecule has 0 aromatic heterocycles. The van der Waals surface area contributed by atoms with Crippen LogP contribution in [-0.2, 0) is 19.1 Å². The number of unbranched alkanes of at least 4 members (excludes halogenated alkanes) is 16. The summed E-state index contributed by atoms with van der Waals surface area (Å²) in [5, 5.41) is 9.65. The molecule has 0 aliphatic heterocycles. The maximum Gasteiger partial charge on any atom is 0.306 e. The highest BCUT2D eigenvalue weighted by atomic mass is 16.6. The molecule has 1 unspecified atom stereocenters. The number of esters is 2. The molecule has 0 saturated heterocycles. The summed E-state index contributed by atoms with van der Waals surface area (Å²) >= 11 is 0. The number of rotatable bonds is 48. The lowest BCUT2D eigenvalue weighted by atomic mass is 10.1. The SMILES string of the molecule is CC/C=C\C/C=C\C/C=C\C/C=C\C/C=C\C/C=C\CCCCCCCCCCC(=O)OCC(CO)OC(=O)CCCCCCCCCC/C=C\C/C=C\C/C=C\C/C=C\C/C=C\C/C=C\CC. The highest BCUT2D eigenvalue weighted by Gasteiger charge is 2.16. The lowest BCUT2D eigenvalue weighted by molar-refractivity contribution is -0.161. The molecule has 0 aliphatic rings. The van der Waals surface area contributed by atoms with Crippen molar-refractivity contribution in [3.05, 3.63) is 146 Å². The van der Waals surface area contributed by atoms with Gasteiger partial charge in [0, 0.05) is 12.8 Å². The molecule has 0 aromatic carbocycles. The summed E-state index contributed by atoms with van der Waals surface area (Å²) in [4.78, 5) is 24.5. The molecular weight excluding hydrogens is 837 g/mol. The Kier molecular flexibility index (Phi) is 53.6. The lowest BCUT2D eigenvalue weighted by Gasteiger charge is -2.15. The Morgan fingerprint density at radius 1 is 0.338 bits per heavy atom. The van der Waals surface area contributed by atoms with Crippen molar-refractivity contribution in [1.29, 1.82) is 0 Å². The van der Waals surface area contributed by atoms with Gasteiger partial charge in [0.05, 0.1) is 6.61 Å². The molecular formula is C63H100O5. The van der Waals surface area contributed by atoms with Crippen LogP contribution < -0.4 is 0 Å². The number of hydrogen-bond donors (Lipinski definition) is 1. The molecule has 0 aliphatic carbocycles. The Labute approximate surface area is 418 Å². The van der Waals surface area contributed by atoms with E-state index in [1.807, 2.05) is 0 Å². The first-order chi connectivity index (χ1) is 33.6. The number of aliphatic hydroxyl groups excluding tert-OH is 1. The summed E-state index contributed by atoms with van der Waals surface area (Å²) in [6.07, 6.45) is 86.5. The van der Waals surface area contributed by atoms with Gasteiger partial charge in [-0.3, -0.25) is 9.59 Å². The fourth-order valence-electron chi connectivity index (χ4n) is 7.09. The van der Waals surface area contributed by atoms with E-state index in [-0.39, 0.29) is 25.2 Å². The number of carbonyl (C=O) groups excluding carboxylic acids is 2. The van der Waals surface area contributed by atoms with Gasteiger partial charge in [-0.1, -0.05) is 237 Å². The van der Waals surface area contributed by atoms with Gasteiger partial charge in [0.2, 0.25) is 0 Å². The second kappa shape index (κ2) is 57.1. The fraction of sp³-hybridized carbons (Fsp3) is 0.587. The number of hydrogen-bond acceptors (Lipinski definition) is 5. The average molecular weight is 937 g/mol. The third-order valence-corrected chi connectivity index (χ3v) is 11.1. The van der Waals surface area contributed by atoms with Crippen LogP contribution in [0.3, 0.4) is 0 Å². The van der Waals surface area contributed by atoms with E-state index in [1.165, 1.54) is 64.2 Å². The van der Waals surface area contributed by atoms with Crippen LogP contribution in [0.2, 0.25) is 0 Å². The molecule has 0 radical (unpaired) electrons. The maximum atomic E-state index is 12.3. The molecule has 0 bridgehead atoms. The first kappa shape index (κ1) is 63.8. The third kappa shape index (κ3) is 54.4. The summed E-state index contributed by atoms with van der Waals surface area (Å²) in [7, 11) is 0. The van der Waals surface area contributed by atoms with Crippen LogP contribution >= 0.6 is 0 Å². The van der Waals surface area contributed by atoms with E-state index >= 15 is 0 Å². The highest BCUT2D eigenvalue weighted by molar-refractivity contribution is 5.70. The average Bonchev–Trinajstić information content (AvgIpc) is 3.34. The third-order valence-electron chi connectivity index (χ3n) is 11.1. The number of aliphatic hydroxyl groups is 1. The monoisotopic (exact) mass is 937 g/mol. The van der Waals surface area contributed by atoms with Crippen LogP contribution in [-0.4, -0.2) is 36.4 Å². The second-order valence-corrected chi connectivity index (χ2v) is 17.5. The van der Waals surface area contributed by atoms with Gasteiger partial charge in [0.1, 0.15) is 6.61 Å². The van der Waals surface area contributed by atoms with E-state index in [4.69, 9.17) is 9.47 Å². The van der Waals surface area contributed by atoms with Crippen molar-refractivity contribution in [3.63, 3.8) is 0 Å². The molecule has 0 aromatic rings. The standard InChI is InChI=1S/C63H100O5/c1-3-5-7-9-11-13-15-17-19-21-23-25-27-29-31-33-35-37-39-41-43-45-47-49-51-53-55-57-62(65)67-60-61(59-64)68-63(66)58-56-54-52-50-48-46-44-42-40-38-36-34-32-30-28-26-24-22-20-18-16-14-12-10-8-6-4-2/h5-8,11-14,17-20,23-26,29-32,35-38,61,64H,3-4,9-10,15-16,21-22,27-28,33-34,39-60H2,1-2H3/b7-5-,8-6-,13-11-,14-12-,19-17-,20-18-,25-23-,26-24-,31-29-,32-30-,37-35-,38-36-. The molecule has 0 saturated carbocycles. The van der Waals surface area contributed by atoms with Crippen molar-refractivity contribution in [3.8, 4) is 0 Å². The summed E-state index contributed by atoms with van der Waals surface area (Å²) in [6.45, 7) is 3.89. The van der Waals surface area contributed by atoms with E-state index in [0.29, 0.717) is 12.8 Å². The fourth-order valence-corrected chi connectivity index (χ4v) is 7.09. The normalized spacial score (nSPS) is 13.4. The van der Waals surface area contributed by atoms with Gasteiger partial charge in [0.25, 0.3) is 0 Å². The summed E-state index contributed by atoms with van der Waals surface area (Å²) in [5.41, 5.74) is 0. The first-order valence-corrected chi connectivity index (χ1v) is 27.4. The zero-order valence-corrected chi connectivity index (χ0v) is 43.6. The topological polar surface area (TPSA) is 72.8 Å². The zero-order valence-electron chi connectivity index (χ0n) is 43.6. The zero-order chi connectivity index (χ0) is 49.2. The Hall–Kier alpha value is -4.22. The van der Waals surface area contributed by atoms with E-state index in [2.05, 4.69) is 160 Å². The van der Waals surface area contributed by atoms with Crippen molar-refractivity contribution in [2.24, 2.45) is 0 Å². The molecule has 5 heteroatoms. The molecule has 0 rings (SSSR count). The molecule has 68 heavy (non-hydrogen) atoms. The van der Waals surface area contributed by atoms with Crippen LogP contribution in [0.15, 0.2) is 146 Å². The highest BCUT2D eigenvalue weighted by Crippen LogP contribution is 2.14. The predicted octanol–water partition coefficient (Wildman–Crippen LogP) is 18.6. The van der Waals surface area contributed by atoms with Crippen LogP contribution in [0.4, 0.5) is 0 Å². The Bertz CT molecular complexity index is 1480. The quantitative estimate of drug-likeness (QED) is 0.0374. The van der Waals surface area contributed by atoms with Gasteiger partial charge in [-0.05, 0) is 116 Å². The van der Waals surface area contributed by atoms with Gasteiger partial charge in [-0.2, -0.15) is 0 Å². The van der Waals surface area contributed by atoms with E-state index in [0.717, 1.165) is 128 Å². The molecule has 1 atom stereocenters. The van der Waals surface area contributed by atoms with Crippen LogP contribution in [0.1, 0.15) is 219 Å². The smallest absolute Gasteiger partial charge is 0.306 e. The van der Waals surface area contributed by atoms with Crippen LogP contribution in [0, 0.1) is 0 Å². The second-order valence-electron chi connectivity index (χ2n) is 17.5. The van der Waals surface area contributed by atoms with E-state index in [9.17, 15) is 14.7 Å². The largest absolute Gasteiger partial charge is 0.462 e. The van der Waals surface area contributed by atoms with Crippen LogP contribution in [0.5, 0.6) is 0 Å². The summed E-state index contributed by atoms with van der Waals surface area (Å²) in [5.74, 6) is -0.620. The number of carbonyl (C=O) groups is 2. The summed E-state index contributed by atoms with van der Waals surface area (Å²) in [6, 6.07) is 0. The Morgan fingerprint density at radius 3 is 0.882 bits per heavy atom. The molecule has 0 spiro atoms. The minimum atomic E-state index is -0.793. The van der Waals surface area contributed by atoms with E-state index < -0.39 is 6.10 Å². The van der Waals surface area contributed by atoms with Gasteiger partial charge >= 0.3 is 11.9 Å². The molecule has 0 amide bonds. The van der Waals surface area contributed by atoms with Crippen molar-refractivity contribution < 1.29 is 24.2 Å². The minimum Gasteiger partial charge on any atom is -0.462 e.